The van der Waals surface area contributed by atoms with Crippen LogP contribution in [0.25, 0.3) is 0 Å². The Balaban J connectivity index is 0. The molecule has 0 aromatic rings. The fraction of sp³-hybridized carbons (Fsp3) is 0.900. The molecule has 1 fully saturated rings. The Hall–Kier alpha value is -0.570. The maximum absolute atomic E-state index is 9.59. The van der Waals surface area contributed by atoms with E-state index < -0.39 is 0 Å². The zero-order valence-corrected chi connectivity index (χ0v) is 9.01. The van der Waals surface area contributed by atoms with Gasteiger partial charge < -0.3 is 9.84 Å². The van der Waals surface area contributed by atoms with Crippen LogP contribution in [0.15, 0.2) is 0 Å². The molecule has 13 heavy (non-hydrogen) atoms. The molecule has 0 saturated heterocycles. The maximum atomic E-state index is 9.59. The number of rotatable bonds is 0. The Labute approximate surface area is 81.1 Å². The number of hydrogen-bond donors (Lipinski definition) is 1. The van der Waals surface area contributed by atoms with Crippen molar-refractivity contribution in [3.05, 3.63) is 0 Å². The fourth-order valence-electron chi connectivity index (χ4n) is 1.06. The van der Waals surface area contributed by atoms with Crippen LogP contribution in [0.3, 0.4) is 0 Å². The summed E-state index contributed by atoms with van der Waals surface area (Å²) in [5.74, 6) is -0.245. The molecule has 1 saturated carbocycles. The Morgan fingerprint density at radius 1 is 1.00 bits per heavy atom. The van der Waals surface area contributed by atoms with E-state index in [1.165, 1.54) is 52.6 Å². The van der Waals surface area contributed by atoms with Crippen molar-refractivity contribution in [2.45, 2.75) is 45.4 Å². The van der Waals surface area contributed by atoms with Gasteiger partial charge in [0, 0.05) is 14.0 Å². The van der Waals surface area contributed by atoms with Gasteiger partial charge in [0.1, 0.15) is 0 Å². The predicted octanol–water partition coefficient (Wildman–Crippen LogP) is 2.13. The molecule has 1 N–H and O–H groups in total. The summed E-state index contributed by atoms with van der Waals surface area (Å²) in [6.45, 7) is 1.36. The summed E-state index contributed by atoms with van der Waals surface area (Å²) in [5, 5.41) is 7.00. The Morgan fingerprint density at radius 3 is 1.23 bits per heavy atom. The van der Waals surface area contributed by atoms with Gasteiger partial charge in [-0.1, -0.05) is 38.5 Å². The number of aliphatic hydroxyl groups is 1. The average molecular weight is 190 g/mol. The van der Waals surface area contributed by atoms with Crippen LogP contribution in [0.1, 0.15) is 45.4 Å². The van der Waals surface area contributed by atoms with Crippen LogP contribution in [0.4, 0.5) is 0 Å². The van der Waals surface area contributed by atoms with Gasteiger partial charge in [0.2, 0.25) is 0 Å². The summed E-state index contributed by atoms with van der Waals surface area (Å²) in [4.78, 5) is 9.59. The third-order valence-electron chi connectivity index (χ3n) is 1.79. The number of carbonyl (C=O) groups excluding carboxylic acids is 1. The second-order valence-corrected chi connectivity index (χ2v) is 2.82. The summed E-state index contributed by atoms with van der Waals surface area (Å²) in [7, 11) is 2.35. The van der Waals surface area contributed by atoms with Crippen molar-refractivity contribution in [2.75, 3.05) is 14.2 Å². The lowest BCUT2D eigenvalue weighted by molar-refractivity contribution is -0.137. The van der Waals surface area contributed by atoms with E-state index in [4.69, 9.17) is 5.11 Å². The molecule has 1 aliphatic rings. The normalized spacial score (nSPS) is 14.2. The van der Waals surface area contributed by atoms with Crippen LogP contribution >= 0.6 is 0 Å². The highest BCUT2D eigenvalue weighted by Crippen LogP contribution is 2.15. The minimum atomic E-state index is -0.245. The van der Waals surface area contributed by atoms with Crippen LogP contribution in [0.5, 0.6) is 0 Å². The third kappa shape index (κ3) is 18.4. The molecule has 0 amide bonds. The molecule has 0 aliphatic heterocycles. The van der Waals surface area contributed by atoms with Gasteiger partial charge in [-0.25, -0.2) is 0 Å². The Morgan fingerprint density at radius 2 is 1.15 bits per heavy atom. The van der Waals surface area contributed by atoms with E-state index in [9.17, 15) is 4.79 Å². The van der Waals surface area contributed by atoms with E-state index in [1.807, 2.05) is 0 Å². The monoisotopic (exact) mass is 190 g/mol. The molecule has 0 aromatic heterocycles. The zero-order chi connectivity index (χ0) is 10.5. The first-order chi connectivity index (χ1) is 6.27. The van der Waals surface area contributed by atoms with Crippen LogP contribution in [0, 0.1) is 0 Å². The van der Waals surface area contributed by atoms with Gasteiger partial charge >= 0.3 is 5.97 Å². The van der Waals surface area contributed by atoms with Crippen molar-refractivity contribution in [1.82, 2.24) is 0 Å². The highest BCUT2D eigenvalue weighted by atomic mass is 16.5. The molecule has 0 heterocycles. The van der Waals surface area contributed by atoms with Gasteiger partial charge in [-0.05, 0) is 0 Å². The largest absolute Gasteiger partial charge is 0.469 e. The van der Waals surface area contributed by atoms with Crippen LogP contribution in [-0.2, 0) is 9.53 Å². The lowest BCUT2D eigenvalue weighted by Gasteiger charge is -2.05. The summed E-state index contributed by atoms with van der Waals surface area (Å²) in [6.07, 6.45) is 9.00. The van der Waals surface area contributed by atoms with E-state index in [0.29, 0.717) is 0 Å². The number of methoxy groups -OCH3 is 1. The molecule has 1 rings (SSSR count). The summed E-state index contributed by atoms with van der Waals surface area (Å²) < 4.78 is 4.11. The first-order valence-corrected chi connectivity index (χ1v) is 4.76. The van der Waals surface area contributed by atoms with Crippen molar-refractivity contribution in [1.29, 1.82) is 0 Å². The molecule has 0 bridgehead atoms. The Kier molecular flexibility index (Phi) is 16.1. The van der Waals surface area contributed by atoms with Crippen LogP contribution in [0.2, 0.25) is 0 Å². The minimum absolute atomic E-state index is 0.245. The summed E-state index contributed by atoms with van der Waals surface area (Å²) >= 11 is 0. The molecule has 3 nitrogen and oxygen atoms in total. The lowest BCUT2D eigenvalue weighted by atomic mass is 10.0. The van der Waals surface area contributed by atoms with Gasteiger partial charge in [0.15, 0.2) is 0 Å². The van der Waals surface area contributed by atoms with Gasteiger partial charge in [-0.3, -0.25) is 4.79 Å². The molecule has 0 unspecified atom stereocenters. The lowest BCUT2D eigenvalue weighted by Crippen LogP contribution is -1.88. The number of hydrogen-bond acceptors (Lipinski definition) is 3. The SMILES string of the molecule is C1CCCCC1.CO.COC(C)=O. The molecule has 3 heteroatoms. The smallest absolute Gasteiger partial charge is 0.302 e. The fourth-order valence-corrected chi connectivity index (χ4v) is 1.06. The second kappa shape index (κ2) is 14.0. The van der Waals surface area contributed by atoms with E-state index in [-0.39, 0.29) is 5.97 Å². The number of esters is 1. The number of carbonyl (C=O) groups is 1. The van der Waals surface area contributed by atoms with E-state index in [0.717, 1.165) is 7.11 Å². The van der Waals surface area contributed by atoms with Gasteiger partial charge in [0.25, 0.3) is 0 Å². The van der Waals surface area contributed by atoms with Crippen molar-refractivity contribution >= 4 is 5.97 Å². The maximum Gasteiger partial charge on any atom is 0.302 e. The van der Waals surface area contributed by atoms with Gasteiger partial charge in [-0.15, -0.1) is 0 Å². The highest BCUT2D eigenvalue weighted by Gasteiger charge is 1.95. The molecule has 0 atom stereocenters. The molecular formula is C10H22O3. The molecule has 1 aliphatic carbocycles. The summed E-state index contributed by atoms with van der Waals surface area (Å²) in [5.41, 5.74) is 0. The first kappa shape index (κ1) is 14.9. The molecular weight excluding hydrogens is 168 g/mol. The molecule has 0 radical (unpaired) electrons. The van der Waals surface area contributed by atoms with Gasteiger partial charge in [-0.2, -0.15) is 0 Å². The number of aliphatic hydroxyl groups excluding tert-OH is 1. The van der Waals surface area contributed by atoms with Crippen molar-refractivity contribution in [2.24, 2.45) is 0 Å². The second-order valence-electron chi connectivity index (χ2n) is 2.82. The standard InChI is InChI=1S/C6H12.C3H6O2.CH4O/c1-2-4-6-5-3-1;1-3(4)5-2;1-2/h1-6H2;1-2H3;2H,1H3. The Bertz CT molecular complexity index is 86.8. The molecule has 80 valence electrons. The van der Waals surface area contributed by atoms with Gasteiger partial charge in [0.05, 0.1) is 7.11 Å². The van der Waals surface area contributed by atoms with E-state index in [2.05, 4.69) is 4.74 Å². The van der Waals surface area contributed by atoms with Crippen molar-refractivity contribution < 1.29 is 14.6 Å². The van der Waals surface area contributed by atoms with E-state index >= 15 is 0 Å². The predicted molar refractivity (Wildman–Crippen MR) is 53.5 cm³/mol. The molecule has 0 spiro atoms. The van der Waals surface area contributed by atoms with Crippen LogP contribution < -0.4 is 0 Å². The third-order valence-corrected chi connectivity index (χ3v) is 1.79. The topological polar surface area (TPSA) is 46.5 Å². The molecule has 0 aromatic carbocycles. The van der Waals surface area contributed by atoms with Crippen molar-refractivity contribution in [3.8, 4) is 0 Å². The first-order valence-electron chi connectivity index (χ1n) is 4.76. The summed E-state index contributed by atoms with van der Waals surface area (Å²) in [6, 6.07) is 0. The quantitative estimate of drug-likeness (QED) is 0.595. The van der Waals surface area contributed by atoms with Crippen LogP contribution in [-0.4, -0.2) is 25.3 Å². The van der Waals surface area contributed by atoms with E-state index in [1.54, 1.807) is 0 Å². The minimum Gasteiger partial charge on any atom is -0.469 e. The zero-order valence-electron chi connectivity index (χ0n) is 9.01. The highest BCUT2D eigenvalue weighted by molar-refractivity contribution is 5.65. The number of ether oxygens (including phenoxy) is 1. The average Bonchev–Trinajstić information content (AvgIpc) is 2.24. The van der Waals surface area contributed by atoms with Crippen molar-refractivity contribution in [3.63, 3.8) is 0 Å².